The number of benzene rings is 1. The van der Waals surface area contributed by atoms with Gasteiger partial charge in [-0.25, -0.2) is 0 Å². The van der Waals surface area contributed by atoms with Crippen molar-refractivity contribution in [2.45, 2.75) is 25.4 Å². The van der Waals surface area contributed by atoms with Crippen molar-refractivity contribution < 1.29 is 4.92 Å². The van der Waals surface area contributed by atoms with Crippen molar-refractivity contribution in [3.05, 3.63) is 38.9 Å². The predicted octanol–water partition coefficient (Wildman–Crippen LogP) is 2.17. The summed E-state index contributed by atoms with van der Waals surface area (Å²) in [6.07, 6.45) is 1.86. The Labute approximate surface area is 111 Å². The molecule has 1 saturated heterocycles. The Morgan fingerprint density at radius 3 is 2.72 bits per heavy atom. The molecule has 0 radical (unpaired) electrons. The van der Waals surface area contributed by atoms with Crippen molar-refractivity contribution in [1.82, 2.24) is 4.90 Å². The molecule has 1 aliphatic rings. The van der Waals surface area contributed by atoms with Crippen molar-refractivity contribution in [2.75, 3.05) is 13.1 Å². The molecule has 2 N–H and O–H groups in total. The molecule has 2 rings (SSSR count). The minimum Gasteiger partial charge on any atom is -0.328 e. The van der Waals surface area contributed by atoms with Crippen LogP contribution in [0.2, 0.25) is 5.02 Å². The Hall–Kier alpha value is -1.17. The molecule has 1 aromatic carbocycles. The summed E-state index contributed by atoms with van der Waals surface area (Å²) in [5.41, 5.74) is 6.53. The molecule has 1 aliphatic heterocycles. The molecule has 1 aromatic rings. The van der Waals surface area contributed by atoms with E-state index in [1.807, 2.05) is 0 Å². The van der Waals surface area contributed by atoms with Crippen LogP contribution in [0.4, 0.5) is 5.69 Å². The molecule has 5 nitrogen and oxygen atoms in total. The third-order valence-corrected chi connectivity index (χ3v) is 3.66. The summed E-state index contributed by atoms with van der Waals surface area (Å²) in [5, 5.41) is 11.4. The van der Waals surface area contributed by atoms with Crippen LogP contribution in [-0.2, 0) is 6.54 Å². The highest BCUT2D eigenvalue weighted by molar-refractivity contribution is 6.31. The van der Waals surface area contributed by atoms with E-state index >= 15 is 0 Å². The zero-order valence-electron chi connectivity index (χ0n) is 10.0. The standard InChI is InChI=1S/C12H16ClN3O2/c13-11-2-1-3-12(16(17)18)10(11)8-15-6-4-9(14)5-7-15/h1-3,9H,4-8,14H2. The Morgan fingerprint density at radius 1 is 1.44 bits per heavy atom. The first-order chi connectivity index (χ1) is 8.58. The smallest absolute Gasteiger partial charge is 0.275 e. The SMILES string of the molecule is NC1CCN(Cc2c(Cl)cccc2[N+](=O)[O-])CC1. The lowest BCUT2D eigenvalue weighted by atomic mass is 10.0. The Bertz CT molecular complexity index is 445. The monoisotopic (exact) mass is 269 g/mol. The average molecular weight is 270 g/mol. The maximum atomic E-state index is 11.0. The Kier molecular flexibility index (Phi) is 4.16. The number of nitro benzene ring substituents is 1. The molecule has 1 heterocycles. The molecule has 98 valence electrons. The minimum atomic E-state index is -0.378. The normalized spacial score (nSPS) is 17.9. The third kappa shape index (κ3) is 2.98. The van der Waals surface area contributed by atoms with Gasteiger partial charge in [0.25, 0.3) is 5.69 Å². The fraction of sp³-hybridized carbons (Fsp3) is 0.500. The van der Waals surface area contributed by atoms with Gasteiger partial charge in [-0.3, -0.25) is 15.0 Å². The molecule has 0 bridgehead atoms. The van der Waals surface area contributed by atoms with E-state index in [1.165, 1.54) is 6.07 Å². The van der Waals surface area contributed by atoms with Gasteiger partial charge in [0, 0.05) is 18.7 Å². The number of nitro groups is 1. The van der Waals surface area contributed by atoms with Gasteiger partial charge in [-0.15, -0.1) is 0 Å². The zero-order chi connectivity index (χ0) is 13.1. The van der Waals surface area contributed by atoms with Crippen molar-refractivity contribution in [3.63, 3.8) is 0 Å². The van der Waals surface area contributed by atoms with Gasteiger partial charge in [-0.05, 0) is 32.0 Å². The van der Waals surface area contributed by atoms with Crippen LogP contribution in [0.25, 0.3) is 0 Å². The van der Waals surface area contributed by atoms with Crippen LogP contribution in [0.3, 0.4) is 0 Å². The first-order valence-electron chi connectivity index (χ1n) is 5.97. The third-order valence-electron chi connectivity index (χ3n) is 3.30. The quantitative estimate of drug-likeness (QED) is 0.674. The van der Waals surface area contributed by atoms with E-state index < -0.39 is 0 Å². The van der Waals surface area contributed by atoms with Gasteiger partial charge in [0.1, 0.15) is 0 Å². The summed E-state index contributed by atoms with van der Waals surface area (Å²) in [5.74, 6) is 0. The zero-order valence-corrected chi connectivity index (χ0v) is 10.8. The molecule has 0 spiro atoms. The summed E-state index contributed by atoms with van der Waals surface area (Å²) in [6, 6.07) is 5.05. The number of halogens is 1. The fourth-order valence-electron chi connectivity index (χ4n) is 2.21. The molecular formula is C12H16ClN3O2. The first-order valence-corrected chi connectivity index (χ1v) is 6.35. The topological polar surface area (TPSA) is 72.4 Å². The lowest BCUT2D eigenvalue weighted by Crippen LogP contribution is -2.39. The van der Waals surface area contributed by atoms with Crippen LogP contribution in [0.1, 0.15) is 18.4 Å². The average Bonchev–Trinajstić information content (AvgIpc) is 2.34. The fourth-order valence-corrected chi connectivity index (χ4v) is 2.44. The molecule has 6 heteroatoms. The van der Waals surface area contributed by atoms with Crippen molar-refractivity contribution in [3.8, 4) is 0 Å². The highest BCUT2D eigenvalue weighted by atomic mass is 35.5. The van der Waals surface area contributed by atoms with Crippen molar-refractivity contribution in [1.29, 1.82) is 0 Å². The van der Waals surface area contributed by atoms with E-state index in [0.717, 1.165) is 25.9 Å². The number of hydrogen-bond donors (Lipinski definition) is 1. The molecule has 0 saturated carbocycles. The van der Waals surface area contributed by atoms with Crippen LogP contribution >= 0.6 is 11.6 Å². The lowest BCUT2D eigenvalue weighted by molar-refractivity contribution is -0.385. The van der Waals surface area contributed by atoms with Crippen molar-refractivity contribution in [2.24, 2.45) is 5.73 Å². The highest BCUT2D eigenvalue weighted by Crippen LogP contribution is 2.28. The van der Waals surface area contributed by atoms with Crippen LogP contribution in [-0.4, -0.2) is 29.0 Å². The van der Waals surface area contributed by atoms with Gasteiger partial charge in [0.05, 0.1) is 15.5 Å². The van der Waals surface area contributed by atoms with Gasteiger partial charge in [-0.2, -0.15) is 0 Å². The number of piperidine rings is 1. The van der Waals surface area contributed by atoms with Crippen LogP contribution in [0.15, 0.2) is 18.2 Å². The molecule has 0 aromatic heterocycles. The summed E-state index contributed by atoms with van der Waals surface area (Å²) in [4.78, 5) is 12.8. The number of hydrogen-bond acceptors (Lipinski definition) is 4. The van der Waals surface area contributed by atoms with Crippen LogP contribution in [0, 0.1) is 10.1 Å². The summed E-state index contributed by atoms with van der Waals surface area (Å²) in [7, 11) is 0. The van der Waals surface area contributed by atoms with E-state index in [-0.39, 0.29) is 16.7 Å². The number of rotatable bonds is 3. The first kappa shape index (κ1) is 13.3. The number of nitrogens with two attached hydrogens (primary N) is 1. The van der Waals surface area contributed by atoms with E-state index in [4.69, 9.17) is 17.3 Å². The van der Waals surface area contributed by atoms with E-state index in [0.29, 0.717) is 17.1 Å². The molecule has 0 aliphatic carbocycles. The Morgan fingerprint density at radius 2 is 2.11 bits per heavy atom. The second-order valence-corrected chi connectivity index (χ2v) is 5.02. The largest absolute Gasteiger partial charge is 0.328 e. The highest BCUT2D eigenvalue weighted by Gasteiger charge is 2.22. The van der Waals surface area contributed by atoms with Crippen LogP contribution < -0.4 is 5.73 Å². The van der Waals surface area contributed by atoms with E-state index in [2.05, 4.69) is 4.90 Å². The second-order valence-electron chi connectivity index (χ2n) is 4.61. The van der Waals surface area contributed by atoms with Crippen molar-refractivity contribution >= 4 is 17.3 Å². The van der Waals surface area contributed by atoms with E-state index in [1.54, 1.807) is 12.1 Å². The molecule has 1 fully saturated rings. The van der Waals surface area contributed by atoms with Gasteiger partial charge in [0.2, 0.25) is 0 Å². The Balaban J connectivity index is 2.15. The maximum absolute atomic E-state index is 11.0. The summed E-state index contributed by atoms with van der Waals surface area (Å²) < 4.78 is 0. The molecular weight excluding hydrogens is 254 g/mol. The second kappa shape index (κ2) is 5.65. The lowest BCUT2D eigenvalue weighted by Gasteiger charge is -2.30. The van der Waals surface area contributed by atoms with Crippen LogP contribution in [0.5, 0.6) is 0 Å². The predicted molar refractivity (Wildman–Crippen MR) is 70.6 cm³/mol. The number of nitrogens with zero attached hydrogens (tertiary/aromatic N) is 2. The van der Waals surface area contributed by atoms with Gasteiger partial charge < -0.3 is 5.73 Å². The van der Waals surface area contributed by atoms with Gasteiger partial charge >= 0.3 is 0 Å². The molecule has 18 heavy (non-hydrogen) atoms. The number of likely N-dealkylation sites (tertiary alicyclic amines) is 1. The maximum Gasteiger partial charge on any atom is 0.275 e. The molecule has 0 atom stereocenters. The summed E-state index contributed by atoms with van der Waals surface area (Å²) >= 11 is 6.07. The summed E-state index contributed by atoms with van der Waals surface area (Å²) in [6.45, 7) is 2.25. The minimum absolute atomic E-state index is 0.0948. The molecule has 0 unspecified atom stereocenters. The van der Waals surface area contributed by atoms with Gasteiger partial charge in [0.15, 0.2) is 0 Å². The van der Waals surface area contributed by atoms with Gasteiger partial charge in [-0.1, -0.05) is 17.7 Å². The van der Waals surface area contributed by atoms with E-state index in [9.17, 15) is 10.1 Å². The molecule has 0 amide bonds.